The van der Waals surface area contributed by atoms with E-state index in [1.165, 1.54) is 18.3 Å². The summed E-state index contributed by atoms with van der Waals surface area (Å²) >= 11 is 5.12. The number of nitrogens with one attached hydrogen (secondary N) is 2. The van der Waals surface area contributed by atoms with Crippen molar-refractivity contribution >= 4 is 29.2 Å². The van der Waals surface area contributed by atoms with Crippen molar-refractivity contribution < 1.29 is 14.4 Å². The predicted octanol–water partition coefficient (Wildman–Crippen LogP) is 2.32. The van der Waals surface area contributed by atoms with E-state index in [9.17, 15) is 10.1 Å². The molecule has 0 unspecified atom stereocenters. The first-order valence-corrected chi connectivity index (χ1v) is 7.73. The fourth-order valence-electron chi connectivity index (χ4n) is 2.19. The minimum Gasteiger partial charge on any atom is -0.454 e. The molecule has 0 fully saturated rings. The van der Waals surface area contributed by atoms with Crippen molar-refractivity contribution in [3.8, 4) is 11.5 Å². The maximum Gasteiger partial charge on any atom is 0.282 e. The number of fused-ring (bicyclic) bond motifs is 1. The summed E-state index contributed by atoms with van der Waals surface area (Å²) in [5.41, 5.74) is 3.86. The summed E-state index contributed by atoms with van der Waals surface area (Å²) in [5.74, 6) is 0.786. The van der Waals surface area contributed by atoms with Crippen LogP contribution in [-0.2, 0) is 6.54 Å². The van der Waals surface area contributed by atoms with Gasteiger partial charge in [0.25, 0.3) is 5.69 Å². The van der Waals surface area contributed by atoms with Crippen molar-refractivity contribution in [2.45, 2.75) is 6.54 Å². The first-order chi connectivity index (χ1) is 12.1. The number of thiocarbonyl (C=S) groups is 1. The van der Waals surface area contributed by atoms with Gasteiger partial charge in [0.15, 0.2) is 16.6 Å². The van der Waals surface area contributed by atoms with E-state index in [1.807, 2.05) is 30.3 Å². The lowest BCUT2D eigenvalue weighted by Gasteiger charge is -2.06. The average molecular weight is 358 g/mol. The van der Waals surface area contributed by atoms with Crippen LogP contribution in [0.5, 0.6) is 11.5 Å². The van der Waals surface area contributed by atoms with E-state index in [-0.39, 0.29) is 18.0 Å². The molecule has 3 rings (SSSR count). The fraction of sp³-hybridized carbons (Fsp3) is 0.125. The molecular formula is C16H14N4O4S. The van der Waals surface area contributed by atoms with Crippen molar-refractivity contribution in [1.29, 1.82) is 0 Å². The molecule has 0 saturated carbocycles. The van der Waals surface area contributed by atoms with E-state index in [1.54, 1.807) is 0 Å². The number of hydrazone groups is 1. The van der Waals surface area contributed by atoms with Crippen LogP contribution < -0.4 is 20.2 Å². The van der Waals surface area contributed by atoms with Gasteiger partial charge in [0.1, 0.15) is 0 Å². The first kappa shape index (κ1) is 16.7. The van der Waals surface area contributed by atoms with Gasteiger partial charge in [-0.2, -0.15) is 5.10 Å². The normalized spacial score (nSPS) is 12.2. The molecule has 2 aromatic carbocycles. The zero-order chi connectivity index (χ0) is 17.6. The maximum atomic E-state index is 11.2. The first-order valence-electron chi connectivity index (χ1n) is 7.32. The Morgan fingerprint density at radius 1 is 1.28 bits per heavy atom. The minimum absolute atomic E-state index is 0.0405. The van der Waals surface area contributed by atoms with E-state index in [0.717, 1.165) is 5.56 Å². The number of rotatable bonds is 5. The van der Waals surface area contributed by atoms with E-state index >= 15 is 0 Å². The van der Waals surface area contributed by atoms with Gasteiger partial charge in [-0.3, -0.25) is 15.5 Å². The molecule has 1 aliphatic heterocycles. The van der Waals surface area contributed by atoms with Gasteiger partial charge in [-0.25, -0.2) is 0 Å². The van der Waals surface area contributed by atoms with Crippen LogP contribution in [0.1, 0.15) is 11.1 Å². The summed E-state index contributed by atoms with van der Waals surface area (Å²) in [6, 6.07) is 12.6. The van der Waals surface area contributed by atoms with Gasteiger partial charge in [-0.1, -0.05) is 30.3 Å². The van der Waals surface area contributed by atoms with Gasteiger partial charge < -0.3 is 14.8 Å². The molecule has 0 aliphatic carbocycles. The number of benzene rings is 2. The Balaban J connectivity index is 1.62. The van der Waals surface area contributed by atoms with Gasteiger partial charge >= 0.3 is 0 Å². The maximum absolute atomic E-state index is 11.2. The molecule has 2 aromatic rings. The Labute approximate surface area is 148 Å². The quantitative estimate of drug-likeness (QED) is 0.366. The molecule has 1 heterocycles. The lowest BCUT2D eigenvalue weighted by Crippen LogP contribution is -2.31. The Kier molecular flexibility index (Phi) is 5.05. The predicted molar refractivity (Wildman–Crippen MR) is 95.8 cm³/mol. The van der Waals surface area contributed by atoms with Crippen LogP contribution in [0, 0.1) is 10.1 Å². The van der Waals surface area contributed by atoms with Crippen LogP contribution in [0.15, 0.2) is 47.6 Å². The highest BCUT2D eigenvalue weighted by molar-refractivity contribution is 7.80. The van der Waals surface area contributed by atoms with Crippen molar-refractivity contribution in [2.24, 2.45) is 5.10 Å². The Hall–Kier alpha value is -3.20. The third-order valence-corrected chi connectivity index (χ3v) is 3.62. The third kappa shape index (κ3) is 4.21. The van der Waals surface area contributed by atoms with Gasteiger partial charge in [-0.05, 0) is 23.8 Å². The molecule has 0 bridgehead atoms. The van der Waals surface area contributed by atoms with Gasteiger partial charge in [-0.15, -0.1) is 0 Å². The molecule has 9 heteroatoms. The molecule has 8 nitrogen and oxygen atoms in total. The third-order valence-electron chi connectivity index (χ3n) is 3.38. The summed E-state index contributed by atoms with van der Waals surface area (Å²) in [7, 11) is 0. The van der Waals surface area contributed by atoms with Crippen LogP contribution >= 0.6 is 12.2 Å². The molecule has 25 heavy (non-hydrogen) atoms. The number of nitrogens with zero attached hydrogens (tertiary/aromatic N) is 2. The molecule has 2 N–H and O–H groups in total. The van der Waals surface area contributed by atoms with Crippen LogP contribution in [0.3, 0.4) is 0 Å². The highest BCUT2D eigenvalue weighted by atomic mass is 32.1. The lowest BCUT2D eigenvalue weighted by atomic mass is 10.1. The van der Waals surface area contributed by atoms with E-state index in [4.69, 9.17) is 21.7 Å². The Bertz CT molecular complexity index is 826. The Morgan fingerprint density at radius 3 is 2.72 bits per heavy atom. The van der Waals surface area contributed by atoms with Crippen molar-refractivity contribution in [3.05, 3.63) is 63.7 Å². The molecule has 0 saturated heterocycles. The van der Waals surface area contributed by atoms with Crippen LogP contribution in [0.2, 0.25) is 0 Å². The SMILES string of the molecule is O=[N+]([O-])c1cc2c(cc1/C=N\NC(=S)NCc1ccccc1)OCO2. The van der Waals surface area contributed by atoms with Gasteiger partial charge in [0.05, 0.1) is 22.8 Å². The second kappa shape index (κ2) is 7.58. The highest BCUT2D eigenvalue weighted by Gasteiger charge is 2.22. The monoisotopic (exact) mass is 358 g/mol. The summed E-state index contributed by atoms with van der Waals surface area (Å²) < 4.78 is 10.4. The molecule has 0 amide bonds. The second-order valence-corrected chi connectivity index (χ2v) is 5.47. The molecule has 1 aliphatic rings. The Morgan fingerprint density at radius 2 is 2.00 bits per heavy atom. The summed E-state index contributed by atoms with van der Waals surface area (Å²) in [4.78, 5) is 10.7. The number of hydrogen-bond acceptors (Lipinski definition) is 6. The van der Waals surface area contributed by atoms with Gasteiger partial charge in [0.2, 0.25) is 6.79 Å². The molecular weight excluding hydrogens is 344 g/mol. The number of ether oxygens (including phenoxy) is 2. The number of nitro groups is 1. The minimum atomic E-state index is -0.505. The van der Waals surface area contributed by atoms with Crippen molar-refractivity contribution in [2.75, 3.05) is 6.79 Å². The van der Waals surface area contributed by atoms with E-state index < -0.39 is 4.92 Å². The van der Waals surface area contributed by atoms with Crippen LogP contribution in [0.25, 0.3) is 0 Å². The molecule has 0 spiro atoms. The smallest absolute Gasteiger partial charge is 0.282 e. The number of hydrogen-bond donors (Lipinski definition) is 2. The summed E-state index contributed by atoms with van der Waals surface area (Å²) in [6.07, 6.45) is 1.32. The van der Waals surface area contributed by atoms with Crippen molar-refractivity contribution in [1.82, 2.24) is 10.7 Å². The topological polar surface area (TPSA) is 98.0 Å². The lowest BCUT2D eigenvalue weighted by molar-refractivity contribution is -0.385. The zero-order valence-corrected chi connectivity index (χ0v) is 13.8. The summed E-state index contributed by atoms with van der Waals surface area (Å²) in [5, 5.41) is 18.4. The standard InChI is InChI=1S/C16H14N4O4S/c21-20(22)13-7-15-14(23-10-24-15)6-12(13)9-18-19-16(25)17-8-11-4-2-1-3-5-11/h1-7,9H,8,10H2,(H2,17,19,25)/b18-9-. The molecule has 0 atom stereocenters. The van der Waals surface area contributed by atoms with Gasteiger partial charge in [0, 0.05) is 6.54 Å². The highest BCUT2D eigenvalue weighted by Crippen LogP contribution is 2.37. The number of nitro benzene ring substituents is 1. The van der Waals surface area contributed by atoms with E-state index in [0.29, 0.717) is 23.2 Å². The van der Waals surface area contributed by atoms with Crippen LogP contribution in [-0.4, -0.2) is 23.0 Å². The fourth-order valence-corrected chi connectivity index (χ4v) is 2.31. The molecule has 128 valence electrons. The van der Waals surface area contributed by atoms with E-state index in [2.05, 4.69) is 15.8 Å². The molecule has 0 radical (unpaired) electrons. The average Bonchev–Trinajstić information content (AvgIpc) is 3.07. The second-order valence-electron chi connectivity index (χ2n) is 5.06. The summed E-state index contributed by atoms with van der Waals surface area (Å²) in [6.45, 7) is 0.588. The zero-order valence-electron chi connectivity index (χ0n) is 13.0. The van der Waals surface area contributed by atoms with Crippen LogP contribution in [0.4, 0.5) is 5.69 Å². The van der Waals surface area contributed by atoms with Crippen molar-refractivity contribution in [3.63, 3.8) is 0 Å². The largest absolute Gasteiger partial charge is 0.454 e. The molecule has 0 aromatic heterocycles.